The number of sulfone groups is 1. The molecule has 0 aromatic heterocycles. The lowest BCUT2D eigenvalue weighted by atomic mass is 10.3. The van der Waals surface area contributed by atoms with Crippen LogP contribution < -0.4 is 10.5 Å². The highest BCUT2D eigenvalue weighted by molar-refractivity contribution is 7.91. The molecule has 0 spiro atoms. The quantitative estimate of drug-likeness (QED) is 0.768. The van der Waals surface area contributed by atoms with Crippen LogP contribution in [0.3, 0.4) is 0 Å². The minimum atomic E-state index is -2.97. The number of hydrogen-bond acceptors (Lipinski definition) is 4. The third-order valence-electron chi connectivity index (χ3n) is 2.04. The predicted octanol–water partition coefficient (Wildman–Crippen LogP) is 1.47. The Morgan fingerprint density at radius 2 is 2.06 bits per heavy atom. The Balaban J connectivity index is 2.42. The Morgan fingerprint density at radius 3 is 2.69 bits per heavy atom. The molecule has 0 bridgehead atoms. The average molecular weight is 243 g/mol. The smallest absolute Gasteiger partial charge is 0.153 e. The van der Waals surface area contributed by atoms with Crippen LogP contribution >= 0.6 is 0 Å². The first-order valence-corrected chi connectivity index (χ1v) is 7.04. The van der Waals surface area contributed by atoms with Crippen LogP contribution in [0.5, 0.6) is 5.75 Å². The van der Waals surface area contributed by atoms with E-state index in [1.54, 1.807) is 24.3 Å². The zero-order valence-electron chi connectivity index (χ0n) is 9.35. The summed E-state index contributed by atoms with van der Waals surface area (Å²) in [7, 11) is -2.97. The molecule has 0 radical (unpaired) electrons. The van der Waals surface area contributed by atoms with Crippen molar-refractivity contribution in [1.29, 1.82) is 0 Å². The van der Waals surface area contributed by atoms with Crippen LogP contribution in [-0.4, -0.2) is 26.5 Å². The van der Waals surface area contributed by atoms with Gasteiger partial charge in [-0.15, -0.1) is 0 Å². The van der Waals surface area contributed by atoms with E-state index in [0.717, 1.165) is 0 Å². The minimum Gasteiger partial charge on any atom is -0.492 e. The summed E-state index contributed by atoms with van der Waals surface area (Å²) in [5, 5.41) is 0. The Bertz CT molecular complexity index is 429. The molecular weight excluding hydrogens is 226 g/mol. The summed E-state index contributed by atoms with van der Waals surface area (Å²) in [6.45, 7) is 2.02. The minimum absolute atomic E-state index is 0.0512. The van der Waals surface area contributed by atoms with Crippen molar-refractivity contribution >= 4 is 15.5 Å². The van der Waals surface area contributed by atoms with Gasteiger partial charge in [-0.2, -0.15) is 0 Å². The molecule has 0 amide bonds. The molecule has 0 unspecified atom stereocenters. The fourth-order valence-corrected chi connectivity index (χ4v) is 2.47. The molecule has 0 fully saturated rings. The van der Waals surface area contributed by atoms with Crippen LogP contribution in [0, 0.1) is 0 Å². The Labute approximate surface area is 96.3 Å². The van der Waals surface area contributed by atoms with Crippen LogP contribution in [0.4, 0.5) is 5.69 Å². The molecule has 0 aliphatic rings. The number of benzene rings is 1. The molecule has 0 aliphatic heterocycles. The maximum Gasteiger partial charge on any atom is 0.153 e. The molecule has 5 heteroatoms. The molecule has 1 rings (SSSR count). The summed E-state index contributed by atoms with van der Waals surface area (Å²) in [4.78, 5) is 0. The summed E-state index contributed by atoms with van der Waals surface area (Å²) >= 11 is 0. The standard InChI is InChI=1S/C11H17NO3S/c1-2-7-16(13,14)8-6-15-11-5-3-4-10(12)9-11/h3-5,9H,2,6-8,12H2,1H3. The van der Waals surface area contributed by atoms with Gasteiger partial charge in [0.1, 0.15) is 12.4 Å². The lowest BCUT2D eigenvalue weighted by molar-refractivity contribution is 0.341. The molecule has 0 saturated heterocycles. The fourth-order valence-electron chi connectivity index (χ4n) is 1.30. The monoisotopic (exact) mass is 243 g/mol. The van der Waals surface area contributed by atoms with E-state index in [4.69, 9.17) is 10.5 Å². The molecule has 1 aromatic rings. The van der Waals surface area contributed by atoms with E-state index < -0.39 is 9.84 Å². The zero-order chi connectivity index (χ0) is 12.0. The first-order valence-electron chi connectivity index (χ1n) is 5.22. The predicted molar refractivity (Wildman–Crippen MR) is 65.3 cm³/mol. The van der Waals surface area contributed by atoms with Gasteiger partial charge in [-0.3, -0.25) is 0 Å². The average Bonchev–Trinajstić information content (AvgIpc) is 2.17. The van der Waals surface area contributed by atoms with E-state index in [9.17, 15) is 8.42 Å². The van der Waals surface area contributed by atoms with Crippen molar-refractivity contribution in [2.24, 2.45) is 0 Å². The van der Waals surface area contributed by atoms with Gasteiger partial charge in [0.25, 0.3) is 0 Å². The second-order valence-electron chi connectivity index (χ2n) is 3.57. The number of ether oxygens (including phenoxy) is 1. The Morgan fingerprint density at radius 1 is 1.31 bits per heavy atom. The molecule has 0 heterocycles. The van der Waals surface area contributed by atoms with Gasteiger partial charge in [0.15, 0.2) is 9.84 Å². The van der Waals surface area contributed by atoms with Crippen LogP contribution in [0.15, 0.2) is 24.3 Å². The van der Waals surface area contributed by atoms with E-state index in [1.165, 1.54) is 0 Å². The van der Waals surface area contributed by atoms with Crippen molar-refractivity contribution < 1.29 is 13.2 Å². The second kappa shape index (κ2) is 5.75. The first kappa shape index (κ1) is 12.8. The van der Waals surface area contributed by atoms with Crippen molar-refractivity contribution in [2.45, 2.75) is 13.3 Å². The zero-order valence-corrected chi connectivity index (χ0v) is 10.2. The van der Waals surface area contributed by atoms with Crippen LogP contribution in [0.25, 0.3) is 0 Å². The number of hydrogen-bond donors (Lipinski definition) is 1. The van der Waals surface area contributed by atoms with Crippen molar-refractivity contribution in [3.05, 3.63) is 24.3 Å². The van der Waals surface area contributed by atoms with E-state index in [1.807, 2.05) is 6.92 Å². The Kier molecular flexibility index (Phi) is 4.61. The van der Waals surface area contributed by atoms with Gasteiger partial charge >= 0.3 is 0 Å². The van der Waals surface area contributed by atoms with Crippen molar-refractivity contribution in [1.82, 2.24) is 0 Å². The normalized spacial score (nSPS) is 11.3. The van der Waals surface area contributed by atoms with Gasteiger partial charge in [-0.1, -0.05) is 13.0 Å². The molecule has 16 heavy (non-hydrogen) atoms. The van der Waals surface area contributed by atoms with Crippen LogP contribution in [-0.2, 0) is 9.84 Å². The topological polar surface area (TPSA) is 69.4 Å². The summed E-state index contributed by atoms with van der Waals surface area (Å²) in [5.41, 5.74) is 6.17. The van der Waals surface area contributed by atoms with Crippen LogP contribution in [0.1, 0.15) is 13.3 Å². The molecule has 0 aliphatic carbocycles. The third-order valence-corrected chi connectivity index (χ3v) is 3.86. The fraction of sp³-hybridized carbons (Fsp3) is 0.455. The van der Waals surface area contributed by atoms with Gasteiger partial charge in [-0.25, -0.2) is 8.42 Å². The van der Waals surface area contributed by atoms with Gasteiger partial charge in [0.05, 0.1) is 11.5 Å². The maximum absolute atomic E-state index is 11.4. The third kappa shape index (κ3) is 4.53. The molecule has 4 nitrogen and oxygen atoms in total. The maximum atomic E-state index is 11.4. The summed E-state index contributed by atoms with van der Waals surface area (Å²) in [6.07, 6.45) is 0.640. The van der Waals surface area contributed by atoms with Crippen molar-refractivity contribution in [2.75, 3.05) is 23.8 Å². The van der Waals surface area contributed by atoms with E-state index in [-0.39, 0.29) is 18.1 Å². The first-order chi connectivity index (χ1) is 7.53. The highest BCUT2D eigenvalue weighted by Crippen LogP contribution is 2.14. The molecular formula is C11H17NO3S. The highest BCUT2D eigenvalue weighted by atomic mass is 32.2. The second-order valence-corrected chi connectivity index (χ2v) is 5.88. The SMILES string of the molecule is CCCS(=O)(=O)CCOc1cccc(N)c1. The van der Waals surface area contributed by atoms with E-state index >= 15 is 0 Å². The van der Waals surface area contributed by atoms with Crippen molar-refractivity contribution in [3.63, 3.8) is 0 Å². The lowest BCUT2D eigenvalue weighted by Gasteiger charge is -2.06. The van der Waals surface area contributed by atoms with Crippen molar-refractivity contribution in [3.8, 4) is 5.75 Å². The lowest BCUT2D eigenvalue weighted by Crippen LogP contribution is -2.16. The number of nitrogen functional groups attached to an aromatic ring is 1. The van der Waals surface area contributed by atoms with Gasteiger partial charge in [-0.05, 0) is 18.6 Å². The molecule has 0 atom stereocenters. The molecule has 1 aromatic carbocycles. The van der Waals surface area contributed by atoms with Gasteiger partial charge in [0, 0.05) is 11.8 Å². The molecule has 2 N–H and O–H groups in total. The summed E-state index contributed by atoms with van der Waals surface area (Å²) < 4.78 is 28.1. The Hall–Kier alpha value is -1.23. The summed E-state index contributed by atoms with van der Waals surface area (Å²) in [6, 6.07) is 6.95. The highest BCUT2D eigenvalue weighted by Gasteiger charge is 2.09. The number of rotatable bonds is 6. The summed E-state index contributed by atoms with van der Waals surface area (Å²) in [5.74, 6) is 0.870. The number of nitrogens with two attached hydrogens (primary N) is 1. The van der Waals surface area contributed by atoms with Gasteiger partial charge < -0.3 is 10.5 Å². The van der Waals surface area contributed by atoms with Crippen LogP contribution in [0.2, 0.25) is 0 Å². The molecule has 0 saturated carbocycles. The molecule has 90 valence electrons. The number of anilines is 1. The van der Waals surface area contributed by atoms with E-state index in [2.05, 4.69) is 0 Å². The van der Waals surface area contributed by atoms with Gasteiger partial charge in [0.2, 0.25) is 0 Å². The largest absolute Gasteiger partial charge is 0.492 e. The van der Waals surface area contributed by atoms with E-state index in [0.29, 0.717) is 17.9 Å².